The molecule has 0 aromatic carbocycles. The van der Waals surface area contributed by atoms with Gasteiger partial charge in [0, 0.05) is 52.1 Å². The lowest BCUT2D eigenvalue weighted by Gasteiger charge is -2.34. The smallest absolute Gasteiger partial charge is 0.220 e. The predicted molar refractivity (Wildman–Crippen MR) is 121 cm³/mol. The SMILES string of the molecule is O=C(CC1CCCC1)NCCCN1CCN(CCCNC(=O)CC2CCCC2)CC1. The molecule has 1 saturated heterocycles. The quantitative estimate of drug-likeness (QED) is 0.477. The van der Waals surface area contributed by atoms with Gasteiger partial charge >= 0.3 is 0 Å². The Morgan fingerprint density at radius 2 is 1.00 bits per heavy atom. The Hall–Kier alpha value is -1.14. The predicted octanol–water partition coefficient (Wildman–Crippen LogP) is 2.78. The van der Waals surface area contributed by atoms with Crippen LogP contribution in [0.15, 0.2) is 0 Å². The summed E-state index contributed by atoms with van der Waals surface area (Å²) in [6, 6.07) is 0. The molecule has 0 aromatic heterocycles. The van der Waals surface area contributed by atoms with Crippen LogP contribution in [-0.4, -0.2) is 74.0 Å². The normalized spacial score (nSPS) is 21.9. The maximum Gasteiger partial charge on any atom is 0.220 e. The largest absolute Gasteiger partial charge is 0.356 e. The fourth-order valence-electron chi connectivity index (χ4n) is 5.40. The number of piperazine rings is 1. The zero-order chi connectivity index (χ0) is 21.0. The van der Waals surface area contributed by atoms with Crippen LogP contribution in [0.3, 0.4) is 0 Å². The lowest BCUT2D eigenvalue weighted by molar-refractivity contribution is -0.122. The second kappa shape index (κ2) is 13.3. The van der Waals surface area contributed by atoms with Crippen molar-refractivity contribution >= 4 is 11.8 Å². The molecule has 2 aliphatic carbocycles. The van der Waals surface area contributed by atoms with Gasteiger partial charge < -0.3 is 20.4 Å². The van der Waals surface area contributed by atoms with Crippen LogP contribution in [0.25, 0.3) is 0 Å². The summed E-state index contributed by atoms with van der Waals surface area (Å²) in [5.74, 6) is 1.78. The van der Waals surface area contributed by atoms with Crippen molar-refractivity contribution in [3.8, 4) is 0 Å². The van der Waals surface area contributed by atoms with Crippen molar-refractivity contribution in [1.29, 1.82) is 0 Å². The molecule has 2 saturated carbocycles. The van der Waals surface area contributed by atoms with E-state index in [1.807, 2.05) is 0 Å². The van der Waals surface area contributed by atoms with E-state index in [1.54, 1.807) is 0 Å². The molecule has 3 aliphatic rings. The fraction of sp³-hybridized carbons (Fsp3) is 0.917. The van der Waals surface area contributed by atoms with Crippen LogP contribution in [0.2, 0.25) is 0 Å². The van der Waals surface area contributed by atoms with E-state index >= 15 is 0 Å². The maximum atomic E-state index is 12.0. The van der Waals surface area contributed by atoms with Crippen molar-refractivity contribution in [3.05, 3.63) is 0 Å². The first-order valence-electron chi connectivity index (χ1n) is 12.7. The molecule has 3 fully saturated rings. The molecule has 2 amide bonds. The van der Waals surface area contributed by atoms with E-state index in [0.29, 0.717) is 11.8 Å². The number of hydrogen-bond acceptors (Lipinski definition) is 4. The van der Waals surface area contributed by atoms with Crippen LogP contribution in [0.1, 0.15) is 77.0 Å². The molecule has 172 valence electrons. The first-order valence-corrected chi connectivity index (χ1v) is 12.7. The van der Waals surface area contributed by atoms with Crippen LogP contribution in [0, 0.1) is 11.8 Å². The highest BCUT2D eigenvalue weighted by atomic mass is 16.2. The average molecular weight is 421 g/mol. The van der Waals surface area contributed by atoms with Gasteiger partial charge in [0.1, 0.15) is 0 Å². The first kappa shape index (κ1) is 23.5. The van der Waals surface area contributed by atoms with Gasteiger partial charge in [0.25, 0.3) is 0 Å². The van der Waals surface area contributed by atoms with Crippen molar-refractivity contribution in [2.45, 2.75) is 77.0 Å². The van der Waals surface area contributed by atoms with Gasteiger partial charge in [-0.1, -0.05) is 25.7 Å². The molecule has 1 heterocycles. The molecule has 2 N–H and O–H groups in total. The molecular formula is C24H44N4O2. The van der Waals surface area contributed by atoms with Gasteiger partial charge in [0.05, 0.1) is 0 Å². The Bertz CT molecular complexity index is 461. The van der Waals surface area contributed by atoms with Crippen molar-refractivity contribution < 1.29 is 9.59 Å². The van der Waals surface area contributed by atoms with Gasteiger partial charge in [-0.15, -0.1) is 0 Å². The summed E-state index contributed by atoms with van der Waals surface area (Å²) in [5.41, 5.74) is 0. The van der Waals surface area contributed by atoms with E-state index in [0.717, 1.165) is 78.0 Å². The third-order valence-electron chi connectivity index (χ3n) is 7.31. The summed E-state index contributed by atoms with van der Waals surface area (Å²) in [6.07, 6.45) is 13.7. The highest BCUT2D eigenvalue weighted by molar-refractivity contribution is 5.76. The molecule has 0 atom stereocenters. The molecule has 6 heteroatoms. The zero-order valence-electron chi connectivity index (χ0n) is 19.0. The minimum absolute atomic E-state index is 0.252. The van der Waals surface area contributed by atoms with Crippen LogP contribution in [0.5, 0.6) is 0 Å². The Labute approximate surface area is 183 Å². The number of nitrogens with zero attached hydrogens (tertiary/aromatic N) is 2. The van der Waals surface area contributed by atoms with E-state index in [-0.39, 0.29) is 11.8 Å². The van der Waals surface area contributed by atoms with Gasteiger partial charge in [-0.3, -0.25) is 9.59 Å². The lowest BCUT2D eigenvalue weighted by atomic mass is 10.0. The Morgan fingerprint density at radius 1 is 0.633 bits per heavy atom. The van der Waals surface area contributed by atoms with Gasteiger partial charge in [-0.25, -0.2) is 0 Å². The average Bonchev–Trinajstić information content (AvgIpc) is 3.44. The highest BCUT2D eigenvalue weighted by Crippen LogP contribution is 2.27. The minimum atomic E-state index is 0.252. The molecular weight excluding hydrogens is 376 g/mol. The van der Waals surface area contributed by atoms with Gasteiger partial charge in [0.15, 0.2) is 0 Å². The van der Waals surface area contributed by atoms with E-state index in [4.69, 9.17) is 0 Å². The van der Waals surface area contributed by atoms with E-state index in [1.165, 1.54) is 51.4 Å². The molecule has 30 heavy (non-hydrogen) atoms. The van der Waals surface area contributed by atoms with Crippen LogP contribution in [0.4, 0.5) is 0 Å². The Morgan fingerprint density at radius 3 is 1.37 bits per heavy atom. The summed E-state index contributed by atoms with van der Waals surface area (Å²) in [7, 11) is 0. The summed E-state index contributed by atoms with van der Waals surface area (Å²) in [5, 5.41) is 6.23. The summed E-state index contributed by atoms with van der Waals surface area (Å²) >= 11 is 0. The number of rotatable bonds is 12. The van der Waals surface area contributed by atoms with Crippen LogP contribution in [-0.2, 0) is 9.59 Å². The molecule has 0 unspecified atom stereocenters. The number of carbonyl (C=O) groups is 2. The van der Waals surface area contributed by atoms with Crippen LogP contribution < -0.4 is 10.6 Å². The molecule has 6 nitrogen and oxygen atoms in total. The number of nitrogens with one attached hydrogen (secondary N) is 2. The number of carbonyl (C=O) groups excluding carboxylic acids is 2. The zero-order valence-corrected chi connectivity index (χ0v) is 19.0. The standard InChI is InChI=1S/C24H44N4O2/c29-23(19-21-7-1-2-8-21)25-11-5-13-27-15-17-28(18-16-27)14-6-12-26-24(30)20-22-9-3-4-10-22/h21-22H,1-20H2,(H,25,29)(H,26,30). The maximum absolute atomic E-state index is 12.0. The topological polar surface area (TPSA) is 64.7 Å². The van der Waals surface area contributed by atoms with Gasteiger partial charge in [0.2, 0.25) is 11.8 Å². The monoisotopic (exact) mass is 420 g/mol. The fourth-order valence-corrected chi connectivity index (χ4v) is 5.40. The molecule has 1 aliphatic heterocycles. The van der Waals surface area contributed by atoms with Gasteiger partial charge in [-0.2, -0.15) is 0 Å². The molecule has 0 spiro atoms. The molecule has 3 rings (SSSR count). The molecule has 0 radical (unpaired) electrons. The minimum Gasteiger partial charge on any atom is -0.356 e. The Kier molecular flexibility index (Phi) is 10.4. The third-order valence-corrected chi connectivity index (χ3v) is 7.31. The van der Waals surface area contributed by atoms with Crippen LogP contribution >= 0.6 is 0 Å². The third kappa shape index (κ3) is 8.93. The Balaban J connectivity index is 1.13. The van der Waals surface area contributed by atoms with Gasteiger partial charge in [-0.05, 0) is 63.5 Å². The van der Waals surface area contributed by atoms with Crippen molar-refractivity contribution in [2.75, 3.05) is 52.4 Å². The second-order valence-electron chi connectivity index (χ2n) is 9.80. The van der Waals surface area contributed by atoms with E-state index < -0.39 is 0 Å². The highest BCUT2D eigenvalue weighted by Gasteiger charge is 2.20. The number of hydrogen-bond donors (Lipinski definition) is 2. The van der Waals surface area contributed by atoms with E-state index in [2.05, 4.69) is 20.4 Å². The number of amides is 2. The van der Waals surface area contributed by atoms with Crippen molar-refractivity contribution in [2.24, 2.45) is 11.8 Å². The molecule has 0 bridgehead atoms. The van der Waals surface area contributed by atoms with E-state index in [9.17, 15) is 9.59 Å². The second-order valence-corrected chi connectivity index (χ2v) is 9.80. The van der Waals surface area contributed by atoms with Crippen molar-refractivity contribution in [1.82, 2.24) is 20.4 Å². The molecule has 0 aromatic rings. The lowest BCUT2D eigenvalue weighted by Crippen LogP contribution is -2.47. The first-order chi connectivity index (χ1) is 14.7. The van der Waals surface area contributed by atoms with Crippen molar-refractivity contribution in [3.63, 3.8) is 0 Å². The summed E-state index contributed by atoms with van der Waals surface area (Å²) < 4.78 is 0. The summed E-state index contributed by atoms with van der Waals surface area (Å²) in [6.45, 7) is 8.24. The summed E-state index contributed by atoms with van der Waals surface area (Å²) in [4.78, 5) is 29.0.